The fourth-order valence-electron chi connectivity index (χ4n) is 1.89. The molecule has 1 heterocycles. The van der Waals surface area contributed by atoms with Crippen LogP contribution in [0.5, 0.6) is 5.75 Å². The summed E-state index contributed by atoms with van der Waals surface area (Å²) in [5.74, 6) is 0.705. The van der Waals surface area contributed by atoms with Crippen molar-refractivity contribution in [3.8, 4) is 5.75 Å². The third-order valence-electron chi connectivity index (χ3n) is 2.96. The molecule has 18 heavy (non-hydrogen) atoms. The van der Waals surface area contributed by atoms with Crippen LogP contribution in [0.4, 0.5) is 0 Å². The van der Waals surface area contributed by atoms with Gasteiger partial charge in [0.1, 0.15) is 18.5 Å². The highest BCUT2D eigenvalue weighted by molar-refractivity contribution is 6.58. The summed E-state index contributed by atoms with van der Waals surface area (Å²) in [6, 6.07) is 6.71. The molecule has 1 saturated heterocycles. The minimum atomic E-state index is -1.44. The van der Waals surface area contributed by atoms with Crippen LogP contribution < -0.4 is 10.2 Å². The number of nitrogens with zero attached hydrogens (tertiary/aromatic N) is 1. The smallest absolute Gasteiger partial charge is 0.488 e. The quantitative estimate of drug-likeness (QED) is 0.677. The van der Waals surface area contributed by atoms with Crippen molar-refractivity contribution in [1.29, 1.82) is 0 Å². The third kappa shape index (κ3) is 3.71. The normalized spacial score (nSPS) is 20.7. The van der Waals surface area contributed by atoms with Crippen LogP contribution in [-0.2, 0) is 4.74 Å². The number of benzene rings is 1. The molecule has 1 atom stereocenters. The topological polar surface area (TPSA) is 62.2 Å². The van der Waals surface area contributed by atoms with Crippen molar-refractivity contribution in [2.75, 3.05) is 33.4 Å². The number of ether oxygens (including phenoxy) is 2. The summed E-state index contributed by atoms with van der Waals surface area (Å²) in [6.07, 6.45) is 0.0897. The van der Waals surface area contributed by atoms with Crippen molar-refractivity contribution in [3.05, 3.63) is 24.3 Å². The van der Waals surface area contributed by atoms with Gasteiger partial charge in [-0.3, -0.25) is 0 Å². The Hall–Kier alpha value is -1.08. The molecule has 1 unspecified atom stereocenters. The van der Waals surface area contributed by atoms with Gasteiger partial charge in [-0.1, -0.05) is 12.1 Å². The monoisotopic (exact) mass is 251 g/mol. The average Bonchev–Trinajstić information content (AvgIpc) is 2.37. The Morgan fingerprint density at radius 3 is 2.72 bits per heavy atom. The van der Waals surface area contributed by atoms with Gasteiger partial charge < -0.3 is 24.4 Å². The molecule has 0 radical (unpaired) electrons. The molecule has 1 fully saturated rings. The molecule has 0 bridgehead atoms. The molecule has 0 aliphatic carbocycles. The second-order valence-corrected chi connectivity index (χ2v) is 4.51. The maximum atomic E-state index is 8.97. The highest BCUT2D eigenvalue weighted by Gasteiger charge is 2.18. The minimum Gasteiger partial charge on any atom is -0.491 e. The summed E-state index contributed by atoms with van der Waals surface area (Å²) in [5, 5.41) is 17.9. The molecule has 2 rings (SSSR count). The Kier molecular flexibility index (Phi) is 4.60. The van der Waals surface area contributed by atoms with Crippen LogP contribution >= 0.6 is 0 Å². The molecule has 1 aromatic carbocycles. The van der Waals surface area contributed by atoms with E-state index in [2.05, 4.69) is 11.9 Å². The average molecular weight is 251 g/mol. The maximum Gasteiger partial charge on any atom is 0.488 e. The SMILES string of the molecule is CN1CCOC(COc2ccc(B(O)O)cc2)C1. The number of rotatable bonds is 4. The molecule has 1 aliphatic heterocycles. The molecule has 0 spiro atoms. The summed E-state index contributed by atoms with van der Waals surface area (Å²) in [7, 11) is 0.627. The Morgan fingerprint density at radius 2 is 2.11 bits per heavy atom. The standard InChI is InChI=1S/C12H18BNO4/c1-14-6-7-17-12(8-14)9-18-11-4-2-10(3-5-11)13(15)16/h2-5,12,15-16H,6-9H2,1H3. The molecule has 2 N–H and O–H groups in total. The van der Waals surface area contributed by atoms with E-state index in [0.717, 1.165) is 19.7 Å². The van der Waals surface area contributed by atoms with E-state index in [-0.39, 0.29) is 6.10 Å². The zero-order valence-electron chi connectivity index (χ0n) is 10.5. The fourth-order valence-corrected chi connectivity index (χ4v) is 1.89. The van der Waals surface area contributed by atoms with E-state index in [1.165, 1.54) is 0 Å². The zero-order valence-corrected chi connectivity index (χ0v) is 10.5. The van der Waals surface area contributed by atoms with Crippen LogP contribution in [-0.4, -0.2) is 61.5 Å². The Balaban J connectivity index is 1.82. The second kappa shape index (κ2) is 6.20. The molecular formula is C12H18BNO4. The highest BCUT2D eigenvalue weighted by atomic mass is 16.5. The number of likely N-dealkylation sites (N-methyl/N-ethyl adjacent to an activating group) is 1. The summed E-state index contributed by atoms with van der Waals surface area (Å²) >= 11 is 0. The first-order chi connectivity index (χ1) is 8.65. The van der Waals surface area contributed by atoms with Crippen molar-refractivity contribution in [1.82, 2.24) is 4.90 Å². The lowest BCUT2D eigenvalue weighted by Gasteiger charge is -2.29. The van der Waals surface area contributed by atoms with Crippen LogP contribution in [0.3, 0.4) is 0 Å². The summed E-state index contributed by atoms with van der Waals surface area (Å²) in [6.45, 7) is 3.07. The van der Waals surface area contributed by atoms with Gasteiger partial charge in [-0.25, -0.2) is 0 Å². The first-order valence-electron chi connectivity index (χ1n) is 6.04. The molecule has 5 nitrogen and oxygen atoms in total. The molecule has 6 heteroatoms. The number of morpholine rings is 1. The first kappa shape index (κ1) is 13.4. The van der Waals surface area contributed by atoms with Crippen LogP contribution in [0.25, 0.3) is 0 Å². The van der Waals surface area contributed by atoms with Crippen LogP contribution in [0.1, 0.15) is 0 Å². The molecule has 0 amide bonds. The lowest BCUT2D eigenvalue weighted by molar-refractivity contribution is -0.0403. The third-order valence-corrected chi connectivity index (χ3v) is 2.96. The Labute approximate surface area is 107 Å². The van der Waals surface area contributed by atoms with Crippen LogP contribution in [0, 0.1) is 0 Å². The second-order valence-electron chi connectivity index (χ2n) is 4.51. The van der Waals surface area contributed by atoms with Gasteiger partial charge >= 0.3 is 7.12 Å². The zero-order chi connectivity index (χ0) is 13.0. The molecule has 0 aromatic heterocycles. The van der Waals surface area contributed by atoms with Crippen molar-refractivity contribution in [2.45, 2.75) is 6.10 Å². The first-order valence-corrected chi connectivity index (χ1v) is 6.04. The molecule has 98 valence electrons. The van der Waals surface area contributed by atoms with Gasteiger partial charge in [0.15, 0.2) is 0 Å². The maximum absolute atomic E-state index is 8.97. The minimum absolute atomic E-state index is 0.0897. The van der Waals surface area contributed by atoms with Gasteiger partial charge in [-0.15, -0.1) is 0 Å². The fraction of sp³-hybridized carbons (Fsp3) is 0.500. The summed E-state index contributed by atoms with van der Waals surface area (Å²) in [5.41, 5.74) is 0.455. The number of hydrogen-bond donors (Lipinski definition) is 2. The lowest BCUT2D eigenvalue weighted by Crippen LogP contribution is -2.42. The van der Waals surface area contributed by atoms with E-state index < -0.39 is 7.12 Å². The van der Waals surface area contributed by atoms with Gasteiger partial charge in [0.2, 0.25) is 0 Å². The molecular weight excluding hydrogens is 233 g/mol. The molecule has 0 saturated carbocycles. The van der Waals surface area contributed by atoms with Crippen molar-refractivity contribution < 1.29 is 19.5 Å². The van der Waals surface area contributed by atoms with E-state index in [9.17, 15) is 0 Å². The van der Waals surface area contributed by atoms with Gasteiger partial charge in [-0.2, -0.15) is 0 Å². The van der Waals surface area contributed by atoms with E-state index in [1.807, 2.05) is 0 Å². The van der Waals surface area contributed by atoms with Crippen molar-refractivity contribution in [2.24, 2.45) is 0 Å². The van der Waals surface area contributed by atoms with Gasteiger partial charge in [0, 0.05) is 13.1 Å². The predicted molar refractivity (Wildman–Crippen MR) is 69.0 cm³/mol. The number of hydrogen-bond acceptors (Lipinski definition) is 5. The molecule has 1 aliphatic rings. The highest BCUT2D eigenvalue weighted by Crippen LogP contribution is 2.10. The van der Waals surface area contributed by atoms with Crippen molar-refractivity contribution in [3.63, 3.8) is 0 Å². The Bertz CT molecular complexity index is 371. The van der Waals surface area contributed by atoms with E-state index in [1.54, 1.807) is 24.3 Å². The van der Waals surface area contributed by atoms with Gasteiger partial charge in [0.05, 0.1) is 6.61 Å². The van der Waals surface area contributed by atoms with E-state index in [4.69, 9.17) is 19.5 Å². The van der Waals surface area contributed by atoms with Crippen molar-refractivity contribution >= 4 is 12.6 Å². The van der Waals surface area contributed by atoms with E-state index in [0.29, 0.717) is 17.8 Å². The Morgan fingerprint density at radius 1 is 1.39 bits per heavy atom. The van der Waals surface area contributed by atoms with Crippen LogP contribution in [0.2, 0.25) is 0 Å². The summed E-state index contributed by atoms with van der Waals surface area (Å²) < 4.78 is 11.2. The molecule has 1 aromatic rings. The van der Waals surface area contributed by atoms with E-state index >= 15 is 0 Å². The lowest BCUT2D eigenvalue weighted by atomic mass is 9.80. The predicted octanol–water partition coefficient (Wildman–Crippen LogP) is -0.924. The summed E-state index contributed by atoms with van der Waals surface area (Å²) in [4.78, 5) is 2.21. The van der Waals surface area contributed by atoms with Gasteiger partial charge in [0.25, 0.3) is 0 Å². The van der Waals surface area contributed by atoms with Crippen LogP contribution in [0.15, 0.2) is 24.3 Å². The largest absolute Gasteiger partial charge is 0.491 e. The van der Waals surface area contributed by atoms with Gasteiger partial charge in [-0.05, 0) is 24.6 Å².